The minimum Gasteiger partial charge on any atom is -0.304 e. The normalized spacial score (nSPS) is 22.0. The van der Waals surface area contributed by atoms with Gasteiger partial charge in [-0.15, -0.1) is 0 Å². The van der Waals surface area contributed by atoms with Gasteiger partial charge in [0.05, 0.1) is 11.2 Å². The van der Waals surface area contributed by atoms with Crippen LogP contribution >= 0.6 is 11.8 Å². The molecule has 2 aliphatic heterocycles. The summed E-state index contributed by atoms with van der Waals surface area (Å²) in [7, 11) is 2.24. The highest BCUT2D eigenvalue weighted by molar-refractivity contribution is 7.98. The van der Waals surface area contributed by atoms with Gasteiger partial charge in [0.2, 0.25) is 0 Å². The number of benzene rings is 1. The van der Waals surface area contributed by atoms with Gasteiger partial charge in [-0.25, -0.2) is 0 Å². The number of thioether (sulfide) groups is 1. The molecule has 1 aromatic carbocycles. The summed E-state index contributed by atoms with van der Waals surface area (Å²) < 4.78 is 0. The van der Waals surface area contributed by atoms with E-state index in [1.165, 1.54) is 68.8 Å². The van der Waals surface area contributed by atoms with Crippen molar-refractivity contribution in [2.45, 2.75) is 37.6 Å². The maximum Gasteiger partial charge on any atom is 0.0705 e. The van der Waals surface area contributed by atoms with E-state index < -0.39 is 0 Å². The Morgan fingerprint density at radius 3 is 2.50 bits per heavy atom. The molecule has 1 aromatic heterocycles. The second-order valence-electron chi connectivity index (χ2n) is 8.49. The molecule has 2 saturated heterocycles. The lowest BCUT2D eigenvalue weighted by Gasteiger charge is -2.42. The molecule has 0 spiro atoms. The van der Waals surface area contributed by atoms with Crippen molar-refractivity contribution in [3.63, 3.8) is 0 Å². The van der Waals surface area contributed by atoms with Crippen LogP contribution in [0.4, 0.5) is 0 Å². The van der Waals surface area contributed by atoms with Gasteiger partial charge in [0.15, 0.2) is 0 Å². The van der Waals surface area contributed by atoms with Crippen LogP contribution < -0.4 is 0 Å². The van der Waals surface area contributed by atoms with E-state index in [1.54, 1.807) is 0 Å². The van der Waals surface area contributed by atoms with Crippen molar-refractivity contribution in [3.8, 4) is 0 Å². The van der Waals surface area contributed by atoms with Crippen LogP contribution in [0.25, 0.3) is 10.9 Å². The average Bonchev–Trinajstić information content (AvgIpc) is 2.74. The van der Waals surface area contributed by atoms with Crippen LogP contribution in [0.5, 0.6) is 0 Å². The van der Waals surface area contributed by atoms with Crippen molar-refractivity contribution in [1.82, 2.24) is 19.7 Å². The maximum absolute atomic E-state index is 4.86. The SMILES string of the molecule is CSC(C)c1ccc2cc(CN3CCC(N4CCN(C)CC4)CC3)ccc2n1. The zero-order valence-corrected chi connectivity index (χ0v) is 18.4. The van der Waals surface area contributed by atoms with E-state index in [0.29, 0.717) is 5.25 Å². The first kappa shape index (κ1) is 20.1. The molecule has 4 rings (SSSR count). The van der Waals surface area contributed by atoms with Crippen molar-refractivity contribution < 1.29 is 0 Å². The molecule has 1 unspecified atom stereocenters. The number of hydrogen-bond donors (Lipinski definition) is 0. The first-order valence-corrected chi connectivity index (χ1v) is 12.0. The summed E-state index contributed by atoms with van der Waals surface area (Å²) in [5, 5.41) is 1.72. The predicted octanol–water partition coefficient (Wildman–Crippen LogP) is 3.87. The average molecular weight is 399 g/mol. The van der Waals surface area contributed by atoms with Crippen LogP contribution in [-0.2, 0) is 6.54 Å². The van der Waals surface area contributed by atoms with E-state index in [0.717, 1.165) is 18.1 Å². The molecule has 5 heteroatoms. The van der Waals surface area contributed by atoms with E-state index in [9.17, 15) is 0 Å². The van der Waals surface area contributed by atoms with Gasteiger partial charge in [0, 0.05) is 49.4 Å². The van der Waals surface area contributed by atoms with Crippen LogP contribution in [0.1, 0.15) is 36.3 Å². The molecular formula is C23H34N4S. The molecule has 0 bridgehead atoms. The first-order chi connectivity index (χ1) is 13.6. The molecule has 152 valence electrons. The lowest BCUT2D eigenvalue weighted by atomic mass is 10.0. The summed E-state index contributed by atoms with van der Waals surface area (Å²) in [5.74, 6) is 0. The smallest absolute Gasteiger partial charge is 0.0705 e. The van der Waals surface area contributed by atoms with E-state index in [4.69, 9.17) is 4.98 Å². The zero-order valence-electron chi connectivity index (χ0n) is 17.6. The van der Waals surface area contributed by atoms with E-state index in [-0.39, 0.29) is 0 Å². The van der Waals surface area contributed by atoms with Crippen LogP contribution in [0.15, 0.2) is 30.3 Å². The summed E-state index contributed by atoms with van der Waals surface area (Å²) in [6.07, 6.45) is 4.77. The molecule has 0 aliphatic carbocycles. The number of likely N-dealkylation sites (tertiary alicyclic amines) is 1. The van der Waals surface area contributed by atoms with Gasteiger partial charge in [-0.05, 0) is 69.9 Å². The number of pyridine rings is 1. The third-order valence-corrected chi connectivity index (χ3v) is 7.51. The van der Waals surface area contributed by atoms with Crippen molar-refractivity contribution in [2.24, 2.45) is 0 Å². The quantitative estimate of drug-likeness (QED) is 0.761. The van der Waals surface area contributed by atoms with Crippen LogP contribution in [0, 0.1) is 0 Å². The lowest BCUT2D eigenvalue weighted by molar-refractivity contribution is 0.0658. The fourth-order valence-corrected chi connectivity index (χ4v) is 4.90. The van der Waals surface area contributed by atoms with Gasteiger partial charge in [-0.3, -0.25) is 14.8 Å². The van der Waals surface area contributed by atoms with Crippen molar-refractivity contribution in [1.29, 1.82) is 0 Å². The molecule has 0 radical (unpaired) electrons. The van der Waals surface area contributed by atoms with Crippen molar-refractivity contribution in [3.05, 3.63) is 41.6 Å². The highest BCUT2D eigenvalue weighted by Gasteiger charge is 2.26. The maximum atomic E-state index is 4.86. The van der Waals surface area contributed by atoms with Gasteiger partial charge >= 0.3 is 0 Å². The monoisotopic (exact) mass is 398 g/mol. The Morgan fingerprint density at radius 1 is 1.04 bits per heavy atom. The Hall–Kier alpha value is -1.14. The molecule has 0 N–H and O–H groups in total. The summed E-state index contributed by atoms with van der Waals surface area (Å²) in [6, 6.07) is 12.0. The topological polar surface area (TPSA) is 22.6 Å². The molecule has 0 amide bonds. The molecule has 28 heavy (non-hydrogen) atoms. The summed E-state index contributed by atoms with van der Waals surface area (Å²) in [4.78, 5) is 12.7. The van der Waals surface area contributed by atoms with Gasteiger partial charge in [0.1, 0.15) is 0 Å². The highest BCUT2D eigenvalue weighted by Crippen LogP contribution is 2.26. The van der Waals surface area contributed by atoms with E-state index in [2.05, 4.69) is 65.3 Å². The number of piperidine rings is 1. The lowest BCUT2D eigenvalue weighted by Crippen LogP contribution is -2.52. The Balaban J connectivity index is 1.34. The molecule has 2 aromatic rings. The van der Waals surface area contributed by atoms with Gasteiger partial charge < -0.3 is 4.90 Å². The van der Waals surface area contributed by atoms with Crippen molar-refractivity contribution in [2.75, 3.05) is 52.6 Å². The third kappa shape index (κ3) is 4.70. The molecule has 2 aliphatic rings. The van der Waals surface area contributed by atoms with Crippen LogP contribution in [0.2, 0.25) is 0 Å². The van der Waals surface area contributed by atoms with Crippen molar-refractivity contribution >= 4 is 22.7 Å². The number of piperazine rings is 1. The first-order valence-electron chi connectivity index (χ1n) is 10.7. The summed E-state index contributed by atoms with van der Waals surface area (Å²) in [6.45, 7) is 10.7. The Morgan fingerprint density at radius 2 is 1.79 bits per heavy atom. The van der Waals surface area contributed by atoms with Gasteiger partial charge in [0.25, 0.3) is 0 Å². The summed E-state index contributed by atoms with van der Waals surface area (Å²) in [5.41, 5.74) is 3.72. The minimum atomic E-state index is 0.450. The fraction of sp³-hybridized carbons (Fsp3) is 0.609. The second-order valence-corrected chi connectivity index (χ2v) is 9.67. The molecule has 2 fully saturated rings. The number of nitrogens with zero attached hydrogens (tertiary/aromatic N) is 4. The molecule has 1 atom stereocenters. The number of rotatable bonds is 5. The standard InChI is InChI=1S/C23H34N4S/c1-18(28-3)22-7-5-20-16-19(4-6-23(20)24-22)17-26-10-8-21(9-11-26)27-14-12-25(2)13-15-27/h4-7,16,18,21H,8-15,17H2,1-3H3. The van der Waals surface area contributed by atoms with E-state index >= 15 is 0 Å². The van der Waals surface area contributed by atoms with E-state index in [1.807, 2.05) is 11.8 Å². The molecule has 3 heterocycles. The largest absolute Gasteiger partial charge is 0.304 e. The number of fused-ring (bicyclic) bond motifs is 1. The third-order valence-electron chi connectivity index (χ3n) is 6.56. The Labute approximate surface area is 174 Å². The summed E-state index contributed by atoms with van der Waals surface area (Å²) >= 11 is 1.85. The highest BCUT2D eigenvalue weighted by atomic mass is 32.2. The van der Waals surface area contributed by atoms with Crippen LogP contribution in [0.3, 0.4) is 0 Å². The Kier molecular flexibility index (Phi) is 6.56. The van der Waals surface area contributed by atoms with Crippen LogP contribution in [-0.4, -0.2) is 78.3 Å². The number of aromatic nitrogens is 1. The number of likely N-dealkylation sites (N-methyl/N-ethyl adjacent to an activating group) is 1. The number of hydrogen-bond acceptors (Lipinski definition) is 5. The minimum absolute atomic E-state index is 0.450. The molecule has 0 saturated carbocycles. The Bertz CT molecular complexity index is 779. The molecular weight excluding hydrogens is 364 g/mol. The second kappa shape index (κ2) is 9.12. The zero-order chi connectivity index (χ0) is 19.5. The predicted molar refractivity (Wildman–Crippen MR) is 121 cm³/mol. The van der Waals surface area contributed by atoms with Gasteiger partial charge in [-0.1, -0.05) is 12.1 Å². The molecule has 4 nitrogen and oxygen atoms in total. The van der Waals surface area contributed by atoms with Gasteiger partial charge in [-0.2, -0.15) is 11.8 Å². The fourth-order valence-electron chi connectivity index (χ4n) is 4.52.